The van der Waals surface area contributed by atoms with E-state index in [2.05, 4.69) is 253 Å². The summed E-state index contributed by atoms with van der Waals surface area (Å²) in [5, 5.41) is 4.50. The second kappa shape index (κ2) is 16.3. The number of para-hydroxylation sites is 3. The summed E-state index contributed by atoms with van der Waals surface area (Å²) in [6.45, 7) is 21.9. The standard InChI is InChI=1S/C74H68BN3O2/c1-70(2,3)46-32-33-57(50(38-46)45-22-11-10-12-23-45)76-60-41-51-48-24-13-17-29-64(48)80-67(51)44-56(60)75-55-42-53-54(72(6,7)37-36-71(53,4)5)43-61(55)77(59-28-21-31-66-68(59)49-25-14-18-30-65(49)79-66)63-40-47(39-62(76)69(63)75)78-58-27-16-15-26-52(58)73(8)34-19-20-35-74(73,78)9/h10-18,21-33,38-44H,19-20,34-37H2,1-9H3. The predicted molar refractivity (Wildman–Crippen MR) is 337 cm³/mol. The molecule has 1 saturated carbocycles. The van der Waals surface area contributed by atoms with Gasteiger partial charge in [-0.1, -0.05) is 171 Å². The van der Waals surface area contributed by atoms with Crippen LogP contribution in [0.5, 0.6) is 0 Å². The molecule has 6 heteroatoms. The van der Waals surface area contributed by atoms with E-state index in [0.29, 0.717) is 0 Å². The lowest BCUT2D eigenvalue weighted by atomic mass is 9.33. The summed E-state index contributed by atoms with van der Waals surface area (Å²) < 4.78 is 13.8. The second-order valence-electron chi connectivity index (χ2n) is 27.0. The molecule has 2 aliphatic carbocycles. The fraction of sp³-hybridized carbons (Fsp3) is 0.270. The van der Waals surface area contributed by atoms with E-state index in [1.54, 1.807) is 0 Å². The molecule has 3 aliphatic heterocycles. The van der Waals surface area contributed by atoms with Gasteiger partial charge in [-0.15, -0.1) is 0 Å². The predicted octanol–water partition coefficient (Wildman–Crippen LogP) is 18.6. The lowest BCUT2D eigenvalue weighted by molar-refractivity contribution is 0.195. The minimum Gasteiger partial charge on any atom is -0.456 e. The molecular formula is C74H68BN3O2. The molecule has 5 nitrogen and oxygen atoms in total. The zero-order valence-corrected chi connectivity index (χ0v) is 47.7. The largest absolute Gasteiger partial charge is 0.456 e. The quantitative estimate of drug-likeness (QED) is 0.164. The number of benzene rings is 9. The fourth-order valence-corrected chi connectivity index (χ4v) is 16.0. The molecule has 0 spiro atoms. The summed E-state index contributed by atoms with van der Waals surface area (Å²) in [5.74, 6) is 0. The molecule has 0 radical (unpaired) electrons. The number of nitrogens with zero attached hydrogens (tertiary/aromatic N) is 3. The first-order valence-corrected chi connectivity index (χ1v) is 29.4. The van der Waals surface area contributed by atoms with Gasteiger partial charge in [-0.2, -0.15) is 0 Å². The van der Waals surface area contributed by atoms with Gasteiger partial charge in [0.15, 0.2) is 0 Å². The van der Waals surface area contributed by atoms with E-state index in [-0.39, 0.29) is 33.9 Å². The van der Waals surface area contributed by atoms with Crippen molar-refractivity contribution in [2.75, 3.05) is 14.7 Å². The molecule has 2 unspecified atom stereocenters. The molecule has 1 fully saturated rings. The van der Waals surface area contributed by atoms with Crippen LogP contribution in [0.25, 0.3) is 55.0 Å². The van der Waals surface area contributed by atoms with Gasteiger partial charge in [-0.3, -0.25) is 0 Å². The van der Waals surface area contributed by atoms with Crippen molar-refractivity contribution >= 4 is 112 Å². The summed E-state index contributed by atoms with van der Waals surface area (Å²) in [4.78, 5) is 8.16. The average Bonchev–Trinajstić information content (AvgIpc) is 2.36. The van der Waals surface area contributed by atoms with Crippen molar-refractivity contribution in [1.82, 2.24) is 0 Å². The van der Waals surface area contributed by atoms with Crippen LogP contribution < -0.4 is 31.1 Å². The molecular weight excluding hydrogens is 974 g/mol. The second-order valence-corrected chi connectivity index (χ2v) is 27.0. The van der Waals surface area contributed by atoms with Crippen molar-refractivity contribution in [1.29, 1.82) is 0 Å². The molecule has 0 N–H and O–H groups in total. The molecule has 5 heterocycles. The number of anilines is 8. The van der Waals surface area contributed by atoms with Crippen LogP contribution in [0.1, 0.15) is 123 Å². The van der Waals surface area contributed by atoms with Gasteiger partial charge in [0, 0.05) is 61.3 Å². The number of hydrogen-bond acceptors (Lipinski definition) is 5. The summed E-state index contributed by atoms with van der Waals surface area (Å²) in [7, 11) is 0. The summed E-state index contributed by atoms with van der Waals surface area (Å²) >= 11 is 0. The third-order valence-corrected chi connectivity index (χ3v) is 20.6. The highest BCUT2D eigenvalue weighted by molar-refractivity contribution is 7.00. The SMILES string of the molecule is CC(C)(C)c1ccc(N2c3cc4c(cc3B3c5cc6c(cc5N(c5cccc7oc8ccccc8c57)c5cc(N7c8ccccc8C8(C)CCCCC78C)cc2c53)C(C)(C)CCC6(C)C)oc2ccccc24)c(-c2ccccc2)c1. The summed E-state index contributed by atoms with van der Waals surface area (Å²) in [6, 6.07) is 67.2. The van der Waals surface area contributed by atoms with E-state index in [0.717, 1.165) is 80.9 Å². The third-order valence-electron chi connectivity index (χ3n) is 20.6. The fourth-order valence-electron chi connectivity index (χ4n) is 16.0. The first-order chi connectivity index (χ1) is 38.5. The maximum Gasteiger partial charge on any atom is 0.252 e. The van der Waals surface area contributed by atoms with Crippen LogP contribution in [-0.2, 0) is 21.7 Å². The summed E-state index contributed by atoms with van der Waals surface area (Å²) in [5.41, 5.74) is 24.7. The van der Waals surface area contributed by atoms with Crippen LogP contribution in [0, 0.1) is 0 Å². The van der Waals surface area contributed by atoms with Crippen molar-refractivity contribution in [2.45, 2.75) is 128 Å². The zero-order chi connectivity index (χ0) is 54.4. The van der Waals surface area contributed by atoms with Crippen LogP contribution in [0.2, 0.25) is 0 Å². The Balaban J connectivity index is 1.10. The normalized spacial score (nSPS) is 20.5. The maximum atomic E-state index is 6.99. The van der Waals surface area contributed by atoms with Crippen LogP contribution >= 0.6 is 0 Å². The van der Waals surface area contributed by atoms with Crippen LogP contribution in [0.4, 0.5) is 45.5 Å². The van der Waals surface area contributed by atoms with Crippen molar-refractivity contribution in [2.24, 2.45) is 0 Å². The minimum atomic E-state index is -0.189. The lowest BCUT2D eigenvalue weighted by Gasteiger charge is -2.51. The number of rotatable bonds is 4. The Morgan fingerprint density at radius 3 is 1.80 bits per heavy atom. The Morgan fingerprint density at radius 2 is 1.04 bits per heavy atom. The average molecular weight is 1040 g/mol. The van der Waals surface area contributed by atoms with Gasteiger partial charge in [-0.05, 0) is 166 Å². The van der Waals surface area contributed by atoms with Gasteiger partial charge in [0.25, 0.3) is 6.71 Å². The first-order valence-electron chi connectivity index (χ1n) is 29.4. The molecule has 0 amide bonds. The van der Waals surface area contributed by atoms with Gasteiger partial charge < -0.3 is 23.5 Å². The van der Waals surface area contributed by atoms with E-state index in [4.69, 9.17) is 8.83 Å². The van der Waals surface area contributed by atoms with Gasteiger partial charge >= 0.3 is 0 Å². The van der Waals surface area contributed by atoms with Gasteiger partial charge in [0.05, 0.1) is 22.3 Å². The topological polar surface area (TPSA) is 36.0 Å². The Labute approximate surface area is 470 Å². The third kappa shape index (κ3) is 6.48. The number of furan rings is 2. The molecule has 394 valence electrons. The van der Waals surface area contributed by atoms with Crippen LogP contribution in [0.3, 0.4) is 0 Å². The molecule has 80 heavy (non-hydrogen) atoms. The Kier molecular flexibility index (Phi) is 9.80. The highest BCUT2D eigenvalue weighted by Gasteiger charge is 2.58. The molecule has 16 rings (SSSR count). The van der Waals surface area contributed by atoms with E-state index >= 15 is 0 Å². The number of fused-ring (bicyclic) bond motifs is 14. The van der Waals surface area contributed by atoms with Crippen molar-refractivity contribution < 1.29 is 8.83 Å². The smallest absolute Gasteiger partial charge is 0.252 e. The Bertz CT molecular complexity index is 4440. The minimum absolute atomic E-state index is 0.0324. The molecule has 0 bridgehead atoms. The van der Waals surface area contributed by atoms with E-state index in [9.17, 15) is 0 Å². The van der Waals surface area contributed by atoms with Crippen LogP contribution in [0.15, 0.2) is 185 Å². The van der Waals surface area contributed by atoms with E-state index in [1.165, 1.54) is 96.7 Å². The van der Waals surface area contributed by atoms with Gasteiger partial charge in [-0.25, -0.2) is 0 Å². The first kappa shape index (κ1) is 48.0. The van der Waals surface area contributed by atoms with Crippen molar-refractivity contribution in [3.63, 3.8) is 0 Å². The van der Waals surface area contributed by atoms with E-state index < -0.39 is 0 Å². The van der Waals surface area contributed by atoms with Crippen LogP contribution in [-0.4, -0.2) is 12.3 Å². The molecule has 0 saturated heterocycles. The van der Waals surface area contributed by atoms with Gasteiger partial charge in [0.2, 0.25) is 0 Å². The van der Waals surface area contributed by atoms with Crippen molar-refractivity contribution in [3.05, 3.63) is 198 Å². The highest BCUT2D eigenvalue weighted by Crippen LogP contribution is 2.62. The number of hydrogen-bond donors (Lipinski definition) is 0. The Hall–Kier alpha value is -7.96. The highest BCUT2D eigenvalue weighted by atomic mass is 16.3. The molecule has 2 aromatic heterocycles. The molecule has 11 aromatic rings. The maximum absolute atomic E-state index is 6.99. The summed E-state index contributed by atoms with van der Waals surface area (Å²) in [6.07, 6.45) is 6.91. The zero-order valence-electron chi connectivity index (χ0n) is 47.7. The molecule has 9 aromatic carbocycles. The van der Waals surface area contributed by atoms with E-state index in [1.807, 2.05) is 0 Å². The monoisotopic (exact) mass is 1040 g/mol. The van der Waals surface area contributed by atoms with Crippen molar-refractivity contribution in [3.8, 4) is 11.1 Å². The molecule has 5 aliphatic rings. The molecule has 2 atom stereocenters. The Morgan fingerprint density at radius 1 is 0.438 bits per heavy atom. The van der Waals surface area contributed by atoms with Gasteiger partial charge in [0.1, 0.15) is 22.3 Å². The lowest BCUT2D eigenvalue weighted by Crippen LogP contribution is -2.62.